The van der Waals surface area contributed by atoms with Crippen molar-refractivity contribution in [2.45, 2.75) is 32.2 Å². The predicted molar refractivity (Wildman–Crippen MR) is 59.9 cm³/mol. The normalized spacial score (nSPS) is 20.2. The highest BCUT2D eigenvalue weighted by Gasteiger charge is 2.28. The van der Waals surface area contributed by atoms with E-state index in [4.69, 9.17) is 4.74 Å². The van der Waals surface area contributed by atoms with E-state index in [1.54, 1.807) is 11.9 Å². The van der Waals surface area contributed by atoms with Crippen molar-refractivity contribution in [1.82, 2.24) is 10.2 Å². The number of carbonyl (C=O) groups is 2. The maximum Gasteiger partial charge on any atom is 0.319 e. The van der Waals surface area contributed by atoms with Gasteiger partial charge in [-0.1, -0.05) is 13.3 Å². The smallest absolute Gasteiger partial charge is 0.319 e. The molecule has 0 bridgehead atoms. The van der Waals surface area contributed by atoms with Crippen LogP contribution in [0, 0.1) is 0 Å². The van der Waals surface area contributed by atoms with Gasteiger partial charge in [0.05, 0.1) is 19.2 Å². The van der Waals surface area contributed by atoms with Crippen LogP contribution in [-0.2, 0) is 14.3 Å². The Morgan fingerprint density at radius 1 is 1.62 bits per heavy atom. The first kappa shape index (κ1) is 13.0. The summed E-state index contributed by atoms with van der Waals surface area (Å²) in [6.07, 6.45) is 2.65. The number of likely N-dealkylation sites (N-methyl/N-ethyl adjacent to an activating group) is 1. The Morgan fingerprint density at radius 2 is 2.38 bits per heavy atom. The molecule has 92 valence electrons. The molecule has 1 N–H and O–H groups in total. The van der Waals surface area contributed by atoms with E-state index in [1.807, 2.05) is 6.92 Å². The number of hydrogen-bond donors (Lipinski definition) is 1. The molecule has 1 unspecified atom stereocenters. The molecule has 5 heteroatoms. The van der Waals surface area contributed by atoms with Crippen LogP contribution in [0.25, 0.3) is 0 Å². The van der Waals surface area contributed by atoms with Gasteiger partial charge in [0.15, 0.2) is 0 Å². The fourth-order valence-electron chi connectivity index (χ4n) is 1.60. The minimum Gasteiger partial charge on any atom is -0.465 e. The lowest BCUT2D eigenvalue weighted by molar-refractivity contribution is -0.142. The molecule has 0 saturated carbocycles. The average Bonchev–Trinajstić information content (AvgIpc) is 2.58. The number of likely N-dealkylation sites (tertiary alicyclic amines) is 1. The Labute approximate surface area is 96.1 Å². The van der Waals surface area contributed by atoms with E-state index < -0.39 is 0 Å². The van der Waals surface area contributed by atoms with E-state index in [2.05, 4.69) is 5.32 Å². The molecule has 16 heavy (non-hydrogen) atoms. The highest BCUT2D eigenvalue weighted by molar-refractivity contribution is 5.84. The average molecular weight is 228 g/mol. The molecule has 1 aliphatic heterocycles. The molecule has 0 aromatic rings. The number of amides is 1. The van der Waals surface area contributed by atoms with Crippen molar-refractivity contribution in [2.24, 2.45) is 0 Å². The Kier molecular flexibility index (Phi) is 5.25. The van der Waals surface area contributed by atoms with E-state index in [-0.39, 0.29) is 24.5 Å². The summed E-state index contributed by atoms with van der Waals surface area (Å²) in [6, 6.07) is -0.219. The summed E-state index contributed by atoms with van der Waals surface area (Å²) in [5.74, 6) is -0.225. The van der Waals surface area contributed by atoms with Crippen LogP contribution in [0.2, 0.25) is 0 Å². The van der Waals surface area contributed by atoms with Crippen LogP contribution >= 0.6 is 0 Å². The van der Waals surface area contributed by atoms with Crippen molar-refractivity contribution in [2.75, 3.05) is 26.7 Å². The van der Waals surface area contributed by atoms with Crippen molar-refractivity contribution in [3.8, 4) is 0 Å². The van der Waals surface area contributed by atoms with Gasteiger partial charge in [0, 0.05) is 13.6 Å². The SMILES string of the molecule is CCCCOC(=O)CNC1CCN(C)C1=O. The third kappa shape index (κ3) is 3.81. The van der Waals surface area contributed by atoms with Gasteiger partial charge in [-0.15, -0.1) is 0 Å². The molecule has 1 saturated heterocycles. The second-order valence-corrected chi connectivity index (χ2v) is 4.06. The molecule has 1 heterocycles. The zero-order valence-electron chi connectivity index (χ0n) is 9.99. The molecule has 1 aliphatic rings. The number of hydrogen-bond acceptors (Lipinski definition) is 4. The van der Waals surface area contributed by atoms with Crippen molar-refractivity contribution in [1.29, 1.82) is 0 Å². The zero-order chi connectivity index (χ0) is 12.0. The molecule has 1 atom stereocenters. The molecule has 1 amide bonds. The first-order valence-corrected chi connectivity index (χ1v) is 5.79. The summed E-state index contributed by atoms with van der Waals surface area (Å²) >= 11 is 0. The summed E-state index contributed by atoms with van der Waals surface area (Å²) < 4.78 is 4.98. The van der Waals surface area contributed by atoms with E-state index in [9.17, 15) is 9.59 Å². The highest BCUT2D eigenvalue weighted by Crippen LogP contribution is 2.07. The van der Waals surface area contributed by atoms with Gasteiger partial charge in [0.2, 0.25) is 5.91 Å². The van der Waals surface area contributed by atoms with Gasteiger partial charge >= 0.3 is 5.97 Å². The van der Waals surface area contributed by atoms with Gasteiger partial charge in [-0.25, -0.2) is 0 Å². The maximum absolute atomic E-state index is 11.5. The molecule has 0 aromatic heterocycles. The standard InChI is InChI=1S/C11H20N2O3/c1-3-4-7-16-10(14)8-12-9-5-6-13(2)11(9)15/h9,12H,3-8H2,1-2H3. The molecule has 0 spiro atoms. The number of nitrogens with one attached hydrogen (secondary N) is 1. The number of ether oxygens (including phenoxy) is 1. The van der Waals surface area contributed by atoms with Crippen LogP contribution < -0.4 is 5.32 Å². The van der Waals surface area contributed by atoms with E-state index >= 15 is 0 Å². The summed E-state index contributed by atoms with van der Waals surface area (Å²) in [5.41, 5.74) is 0. The minimum absolute atomic E-state index is 0.0568. The molecule has 1 fully saturated rings. The third-order valence-electron chi connectivity index (χ3n) is 2.68. The summed E-state index contributed by atoms with van der Waals surface area (Å²) in [5, 5.41) is 2.92. The van der Waals surface area contributed by atoms with Crippen molar-refractivity contribution < 1.29 is 14.3 Å². The lowest BCUT2D eigenvalue weighted by Gasteiger charge is -2.11. The zero-order valence-corrected chi connectivity index (χ0v) is 9.99. The number of rotatable bonds is 6. The van der Waals surface area contributed by atoms with Crippen molar-refractivity contribution in [3.63, 3.8) is 0 Å². The minimum atomic E-state index is -0.282. The van der Waals surface area contributed by atoms with Crippen molar-refractivity contribution in [3.05, 3.63) is 0 Å². The topological polar surface area (TPSA) is 58.6 Å². The van der Waals surface area contributed by atoms with Crippen molar-refractivity contribution >= 4 is 11.9 Å². The molecule has 0 radical (unpaired) electrons. The van der Waals surface area contributed by atoms with Crippen LogP contribution in [0.5, 0.6) is 0 Å². The number of unbranched alkanes of at least 4 members (excludes halogenated alkanes) is 1. The molecular formula is C11H20N2O3. The van der Waals surface area contributed by atoms with Gasteiger partial charge in [-0.05, 0) is 12.8 Å². The van der Waals surface area contributed by atoms with E-state index in [0.717, 1.165) is 25.8 Å². The molecular weight excluding hydrogens is 208 g/mol. The summed E-state index contributed by atoms with van der Waals surface area (Å²) in [6.45, 7) is 3.38. The summed E-state index contributed by atoms with van der Waals surface area (Å²) in [7, 11) is 1.77. The summed E-state index contributed by atoms with van der Waals surface area (Å²) in [4.78, 5) is 24.4. The van der Waals surface area contributed by atoms with Gasteiger partial charge in [-0.2, -0.15) is 0 Å². The van der Waals surface area contributed by atoms with Crippen LogP contribution in [0.3, 0.4) is 0 Å². The van der Waals surface area contributed by atoms with Crippen LogP contribution in [0.4, 0.5) is 0 Å². The predicted octanol–water partition coefficient (Wildman–Crippen LogP) is 0.150. The number of carbonyl (C=O) groups excluding carboxylic acids is 2. The van der Waals surface area contributed by atoms with Gasteiger partial charge in [0.1, 0.15) is 0 Å². The number of esters is 1. The molecule has 0 aliphatic carbocycles. The largest absolute Gasteiger partial charge is 0.465 e. The second-order valence-electron chi connectivity index (χ2n) is 4.06. The van der Waals surface area contributed by atoms with Crippen LogP contribution in [0.15, 0.2) is 0 Å². The Bertz CT molecular complexity index is 256. The quantitative estimate of drug-likeness (QED) is 0.519. The number of nitrogens with zero attached hydrogens (tertiary/aromatic N) is 1. The maximum atomic E-state index is 11.5. The van der Waals surface area contributed by atoms with Crippen LogP contribution in [-0.4, -0.2) is 49.6 Å². The van der Waals surface area contributed by atoms with Crippen LogP contribution in [0.1, 0.15) is 26.2 Å². The lowest BCUT2D eigenvalue weighted by Crippen LogP contribution is -2.40. The highest BCUT2D eigenvalue weighted by atomic mass is 16.5. The van der Waals surface area contributed by atoms with Gasteiger partial charge in [0.25, 0.3) is 0 Å². The fraction of sp³-hybridized carbons (Fsp3) is 0.818. The van der Waals surface area contributed by atoms with E-state index in [0.29, 0.717) is 6.61 Å². The van der Waals surface area contributed by atoms with Gasteiger partial charge in [-0.3, -0.25) is 14.9 Å². The first-order valence-electron chi connectivity index (χ1n) is 5.79. The monoisotopic (exact) mass is 228 g/mol. The molecule has 0 aromatic carbocycles. The molecule has 1 rings (SSSR count). The fourth-order valence-corrected chi connectivity index (χ4v) is 1.60. The Morgan fingerprint density at radius 3 is 2.94 bits per heavy atom. The van der Waals surface area contributed by atoms with Gasteiger partial charge < -0.3 is 9.64 Å². The van der Waals surface area contributed by atoms with E-state index in [1.165, 1.54) is 0 Å². The Balaban J connectivity index is 2.14. The third-order valence-corrected chi connectivity index (χ3v) is 2.68. The lowest BCUT2D eigenvalue weighted by atomic mass is 10.2. The molecule has 5 nitrogen and oxygen atoms in total. The second kappa shape index (κ2) is 6.48. The first-order chi connectivity index (χ1) is 7.65. The Hall–Kier alpha value is -1.10.